The van der Waals surface area contributed by atoms with Gasteiger partial charge in [-0.05, 0) is 102 Å². The highest BCUT2D eigenvalue weighted by atomic mass is 31.2. The number of phosphoric acid groups is 1. The molecule has 0 heterocycles. The lowest BCUT2D eigenvalue weighted by molar-refractivity contribution is -0.870. The fourth-order valence-electron chi connectivity index (χ4n) is 7.53. The van der Waals surface area contributed by atoms with Gasteiger partial charge in [0.1, 0.15) is 19.3 Å². The van der Waals surface area contributed by atoms with E-state index in [1.807, 2.05) is 39.4 Å². The molecule has 0 bridgehead atoms. The second-order valence-electron chi connectivity index (χ2n) is 20.1. The van der Waals surface area contributed by atoms with Gasteiger partial charge in [0.25, 0.3) is 0 Å². The van der Waals surface area contributed by atoms with Gasteiger partial charge in [-0.25, -0.2) is 4.57 Å². The molecule has 0 spiro atoms. The molecule has 0 saturated carbocycles. The fraction of sp³-hybridized carbons (Fsp3) is 0.651. The van der Waals surface area contributed by atoms with E-state index < -0.39 is 20.0 Å². The Balaban J connectivity index is 5.32. The zero-order chi connectivity index (χ0) is 53.6. The van der Waals surface area contributed by atoms with E-state index in [1.54, 1.807) is 0 Å². The van der Waals surface area contributed by atoms with Crippen LogP contribution >= 0.6 is 7.82 Å². The molecule has 0 aliphatic heterocycles. The normalized spacial score (nSPS) is 14.7. The van der Waals surface area contributed by atoms with Crippen LogP contribution in [0, 0.1) is 0 Å². The van der Waals surface area contributed by atoms with E-state index in [9.17, 15) is 19.0 Å². The monoisotopic (exact) mass is 1040 g/mol. The molecule has 0 fully saturated rings. The molecule has 1 amide bonds. The van der Waals surface area contributed by atoms with Gasteiger partial charge >= 0.3 is 13.8 Å². The number of esters is 1. The van der Waals surface area contributed by atoms with Crippen molar-refractivity contribution in [2.45, 2.75) is 226 Å². The Labute approximate surface area is 448 Å². The van der Waals surface area contributed by atoms with Crippen molar-refractivity contribution >= 4 is 19.7 Å². The third-order valence-corrected chi connectivity index (χ3v) is 12.9. The Kier molecular flexibility index (Phi) is 49.3. The molecule has 0 saturated heterocycles. The first-order valence-corrected chi connectivity index (χ1v) is 30.4. The molecule has 0 aromatic rings. The highest BCUT2D eigenvalue weighted by molar-refractivity contribution is 7.47. The average Bonchev–Trinajstić information content (AvgIpc) is 3.35. The van der Waals surface area contributed by atoms with E-state index in [0.29, 0.717) is 30.3 Å². The lowest BCUT2D eigenvalue weighted by atomic mass is 10.1. The molecule has 0 aliphatic carbocycles. The topological polar surface area (TPSA) is 111 Å². The number of phosphoric ester groups is 1. The number of ether oxygens (including phenoxy) is 1. The number of hydrogen-bond donors (Lipinski definition) is 2. The molecule has 9 nitrogen and oxygen atoms in total. The summed E-state index contributed by atoms with van der Waals surface area (Å²) in [6.45, 7) is 6.69. The van der Waals surface area contributed by atoms with Gasteiger partial charge in [-0.2, -0.15) is 0 Å². The van der Waals surface area contributed by atoms with Crippen molar-refractivity contribution in [2.24, 2.45) is 0 Å². The van der Waals surface area contributed by atoms with Crippen LogP contribution in [0.3, 0.4) is 0 Å². The number of carbonyl (C=O) groups is 2. The highest BCUT2D eigenvalue weighted by Gasteiger charge is 2.30. The molecular weight excluding hydrogens is 928 g/mol. The minimum absolute atomic E-state index is 0.0245. The number of hydrogen-bond acceptors (Lipinski definition) is 6. The van der Waals surface area contributed by atoms with Crippen LogP contribution in [0.1, 0.15) is 213 Å². The summed E-state index contributed by atoms with van der Waals surface area (Å²) in [7, 11) is 1.44. The van der Waals surface area contributed by atoms with Crippen LogP contribution in [0.4, 0.5) is 0 Å². The number of nitrogens with one attached hydrogen (secondary N) is 1. The van der Waals surface area contributed by atoms with E-state index in [0.717, 1.165) is 122 Å². The third kappa shape index (κ3) is 53.1. The number of likely N-dealkylation sites (N-methyl/N-ethyl adjacent to an activating group) is 1. The van der Waals surface area contributed by atoms with Crippen LogP contribution < -0.4 is 5.32 Å². The predicted octanol–water partition coefficient (Wildman–Crippen LogP) is 17.5. The molecule has 0 aliphatic rings. The minimum Gasteiger partial charge on any atom is -0.456 e. The second kappa shape index (κ2) is 51.9. The smallest absolute Gasteiger partial charge is 0.456 e. The van der Waals surface area contributed by atoms with Gasteiger partial charge in [0.05, 0.1) is 33.8 Å². The van der Waals surface area contributed by atoms with E-state index >= 15 is 0 Å². The Morgan fingerprint density at radius 3 is 1.47 bits per heavy atom. The van der Waals surface area contributed by atoms with Crippen molar-refractivity contribution < 1.29 is 37.3 Å². The van der Waals surface area contributed by atoms with Crippen LogP contribution in [0.15, 0.2) is 122 Å². The van der Waals surface area contributed by atoms with Crippen LogP contribution in [0.5, 0.6) is 0 Å². The molecule has 0 radical (unpaired) electrons. The zero-order valence-corrected chi connectivity index (χ0v) is 48.2. The van der Waals surface area contributed by atoms with Gasteiger partial charge in [0.15, 0.2) is 0 Å². The predicted molar refractivity (Wildman–Crippen MR) is 313 cm³/mol. The van der Waals surface area contributed by atoms with E-state index in [1.165, 1.54) is 44.9 Å². The molecule has 73 heavy (non-hydrogen) atoms. The van der Waals surface area contributed by atoms with Crippen LogP contribution in [0.25, 0.3) is 0 Å². The molecule has 0 aromatic heterocycles. The van der Waals surface area contributed by atoms with Crippen molar-refractivity contribution in [3.05, 3.63) is 122 Å². The zero-order valence-electron chi connectivity index (χ0n) is 47.3. The number of allylic oxidation sites excluding steroid dienone is 19. The van der Waals surface area contributed by atoms with Gasteiger partial charge in [-0.15, -0.1) is 0 Å². The second-order valence-corrected chi connectivity index (χ2v) is 21.6. The maximum atomic E-state index is 13.5. The maximum absolute atomic E-state index is 13.5. The number of nitrogens with zero attached hydrogens (tertiary/aromatic N) is 1. The van der Waals surface area contributed by atoms with E-state index in [2.05, 4.69) is 129 Å². The molecule has 3 unspecified atom stereocenters. The SMILES string of the molecule is CC/C=C\C/C=C\C/C=C\C/C=C\C/C=C\C/C=C\CCCCCCC(=O)OC(/C=C\CCCCCCCCCCC)C(COP(=O)(O)OCC[N+](C)(C)C)NC(=O)CCCCCCC\C=C/C=C/C=C/CC. The molecule has 3 atom stereocenters. The first kappa shape index (κ1) is 69.4. The molecular formula is C63H108N2O7P+. The van der Waals surface area contributed by atoms with Gasteiger partial charge in [-0.1, -0.05) is 220 Å². The Bertz CT molecular complexity index is 1660. The number of amides is 1. The van der Waals surface area contributed by atoms with Crippen molar-refractivity contribution in [1.29, 1.82) is 0 Å². The van der Waals surface area contributed by atoms with Crippen LogP contribution in [0.2, 0.25) is 0 Å². The summed E-state index contributed by atoms with van der Waals surface area (Å²) in [4.78, 5) is 37.6. The summed E-state index contributed by atoms with van der Waals surface area (Å²) in [6, 6.07) is -0.877. The van der Waals surface area contributed by atoms with Crippen molar-refractivity contribution in [3.8, 4) is 0 Å². The number of carbonyl (C=O) groups excluding carboxylic acids is 2. The highest BCUT2D eigenvalue weighted by Crippen LogP contribution is 2.43. The Hall–Kier alpha value is -3.59. The minimum atomic E-state index is -4.46. The first-order valence-electron chi connectivity index (χ1n) is 28.9. The molecule has 416 valence electrons. The van der Waals surface area contributed by atoms with E-state index in [-0.39, 0.29) is 31.5 Å². The van der Waals surface area contributed by atoms with Crippen molar-refractivity contribution in [2.75, 3.05) is 40.9 Å². The Morgan fingerprint density at radius 1 is 0.507 bits per heavy atom. The van der Waals surface area contributed by atoms with Crippen LogP contribution in [-0.2, 0) is 27.9 Å². The Morgan fingerprint density at radius 2 is 0.945 bits per heavy atom. The van der Waals surface area contributed by atoms with Crippen molar-refractivity contribution in [3.63, 3.8) is 0 Å². The quantitative estimate of drug-likeness (QED) is 0.0156. The number of quaternary nitrogens is 1. The largest absolute Gasteiger partial charge is 0.472 e. The first-order chi connectivity index (χ1) is 35.4. The maximum Gasteiger partial charge on any atom is 0.472 e. The molecule has 0 aromatic carbocycles. The lowest BCUT2D eigenvalue weighted by Gasteiger charge is -2.27. The van der Waals surface area contributed by atoms with Gasteiger partial charge in [0.2, 0.25) is 5.91 Å². The van der Waals surface area contributed by atoms with Gasteiger partial charge in [-0.3, -0.25) is 18.6 Å². The van der Waals surface area contributed by atoms with Crippen LogP contribution in [-0.4, -0.2) is 74.3 Å². The molecule has 0 rings (SSSR count). The standard InChI is InChI=1S/C63H107N2O7P/c1-7-10-13-16-19-22-25-27-28-29-30-31-32-33-34-35-36-38-41-44-47-50-53-56-63(67)72-61(54-51-48-45-42-39-24-21-18-15-12-9-3)60(59-71-73(68,69)70-58-57-65(4,5)6)64-62(66)55-52-49-46-43-40-37-26-23-20-17-14-11-8-2/h10-11,13-14,17,19-20,22-23,26-28,30-31,33-34,36,38,51,54,60-61H,7-9,12,15-16,18,21,24-25,29,32,35,37,39-50,52-53,55-59H2,1-6H3,(H-,64,66,68,69)/p+1/b13-10-,14-11+,20-17+,22-19-,26-23-,28-27-,31-30-,34-33-,38-36-,54-51-. The van der Waals surface area contributed by atoms with Gasteiger partial charge < -0.3 is 19.4 Å². The summed E-state index contributed by atoms with van der Waals surface area (Å²) in [5.74, 6) is -0.570. The number of unbranched alkanes of at least 4 members (excludes halogenated alkanes) is 18. The van der Waals surface area contributed by atoms with Crippen molar-refractivity contribution in [1.82, 2.24) is 5.32 Å². The summed E-state index contributed by atoms with van der Waals surface area (Å²) < 4.78 is 30.5. The third-order valence-electron chi connectivity index (χ3n) is 12.0. The average molecular weight is 1040 g/mol. The van der Waals surface area contributed by atoms with Gasteiger partial charge in [0, 0.05) is 12.8 Å². The number of rotatable bonds is 50. The summed E-state index contributed by atoms with van der Waals surface area (Å²) >= 11 is 0. The van der Waals surface area contributed by atoms with E-state index in [4.69, 9.17) is 13.8 Å². The summed E-state index contributed by atoms with van der Waals surface area (Å²) in [6.07, 6.45) is 72.0. The molecule has 2 N–H and O–H groups in total. The summed E-state index contributed by atoms with van der Waals surface area (Å²) in [5.41, 5.74) is 0. The summed E-state index contributed by atoms with van der Waals surface area (Å²) in [5, 5.41) is 3.02. The lowest BCUT2D eigenvalue weighted by Crippen LogP contribution is -2.47. The molecule has 10 heteroatoms. The fourth-order valence-corrected chi connectivity index (χ4v) is 8.27.